The number of rotatable bonds is 4. The Morgan fingerprint density at radius 2 is 1.86 bits per heavy atom. The van der Waals surface area contributed by atoms with Crippen LogP contribution in [0.4, 0.5) is 0 Å². The highest BCUT2D eigenvalue weighted by Crippen LogP contribution is 2.31. The van der Waals surface area contributed by atoms with Gasteiger partial charge in [-0.25, -0.2) is 0 Å². The summed E-state index contributed by atoms with van der Waals surface area (Å²) in [6.07, 6.45) is -0.709. The van der Waals surface area contributed by atoms with E-state index in [-0.39, 0.29) is 11.9 Å². The number of carbonyl (C=O) groups excluding carboxylic acids is 1. The minimum Gasteiger partial charge on any atom is -0.386 e. The van der Waals surface area contributed by atoms with Crippen molar-refractivity contribution < 1.29 is 14.6 Å². The number of hydrogen-bond donors (Lipinski definition) is 2. The Hall–Kier alpha value is -2.17. The van der Waals surface area contributed by atoms with Crippen molar-refractivity contribution in [2.24, 2.45) is 0 Å². The van der Waals surface area contributed by atoms with E-state index in [0.29, 0.717) is 6.42 Å². The topological polar surface area (TPSA) is 58.6 Å². The molecule has 2 aromatic rings. The molecule has 1 aliphatic rings. The summed E-state index contributed by atoms with van der Waals surface area (Å²) in [4.78, 5) is 12.5. The van der Waals surface area contributed by atoms with Gasteiger partial charge in [0, 0.05) is 7.11 Å². The van der Waals surface area contributed by atoms with Gasteiger partial charge in [-0.05, 0) is 23.1 Å². The molecule has 22 heavy (non-hydrogen) atoms. The van der Waals surface area contributed by atoms with E-state index in [2.05, 4.69) is 5.32 Å². The lowest BCUT2D eigenvalue weighted by Gasteiger charge is -2.21. The first-order valence-corrected chi connectivity index (χ1v) is 7.34. The lowest BCUT2D eigenvalue weighted by molar-refractivity contribution is -0.133. The average molecular weight is 297 g/mol. The number of aliphatic hydroxyl groups excluding tert-OH is 1. The Morgan fingerprint density at radius 1 is 1.18 bits per heavy atom. The van der Waals surface area contributed by atoms with Crippen LogP contribution in [0.15, 0.2) is 54.6 Å². The van der Waals surface area contributed by atoms with Crippen LogP contribution in [0, 0.1) is 0 Å². The van der Waals surface area contributed by atoms with Gasteiger partial charge < -0.3 is 15.2 Å². The van der Waals surface area contributed by atoms with Crippen molar-refractivity contribution in [2.45, 2.75) is 24.7 Å². The molecule has 2 N–H and O–H groups in total. The van der Waals surface area contributed by atoms with Gasteiger partial charge in [-0.2, -0.15) is 0 Å². The molecule has 2 aromatic carbocycles. The van der Waals surface area contributed by atoms with Crippen molar-refractivity contribution in [2.75, 3.05) is 7.11 Å². The molecule has 4 nitrogen and oxygen atoms in total. The maximum absolute atomic E-state index is 12.5. The van der Waals surface area contributed by atoms with Crippen LogP contribution >= 0.6 is 0 Å². The van der Waals surface area contributed by atoms with Gasteiger partial charge in [0.2, 0.25) is 0 Å². The number of methoxy groups -OCH3 is 1. The van der Waals surface area contributed by atoms with Gasteiger partial charge in [0.25, 0.3) is 5.91 Å². The zero-order valence-electron chi connectivity index (χ0n) is 12.4. The summed E-state index contributed by atoms with van der Waals surface area (Å²) in [6.45, 7) is 0. The first-order valence-electron chi connectivity index (χ1n) is 7.34. The van der Waals surface area contributed by atoms with Gasteiger partial charge in [-0.15, -0.1) is 0 Å². The third-order valence-electron chi connectivity index (χ3n) is 4.10. The van der Waals surface area contributed by atoms with E-state index in [1.54, 1.807) is 0 Å². The Kier molecular flexibility index (Phi) is 4.22. The SMILES string of the molecule is COC(C(=O)N[C@H]1Cc2ccccc2[C@H]1O)c1ccccc1. The highest BCUT2D eigenvalue weighted by molar-refractivity contribution is 5.82. The molecule has 0 spiro atoms. The molecule has 4 heteroatoms. The average Bonchev–Trinajstić information content (AvgIpc) is 2.86. The molecule has 114 valence electrons. The lowest BCUT2D eigenvalue weighted by Crippen LogP contribution is -2.41. The third-order valence-corrected chi connectivity index (χ3v) is 4.10. The van der Waals surface area contributed by atoms with Gasteiger partial charge >= 0.3 is 0 Å². The third kappa shape index (κ3) is 2.75. The quantitative estimate of drug-likeness (QED) is 0.909. The van der Waals surface area contributed by atoms with Crippen molar-refractivity contribution in [1.82, 2.24) is 5.32 Å². The number of amides is 1. The highest BCUT2D eigenvalue weighted by atomic mass is 16.5. The van der Waals surface area contributed by atoms with E-state index >= 15 is 0 Å². The molecule has 0 saturated heterocycles. The van der Waals surface area contributed by atoms with Gasteiger partial charge in [-0.1, -0.05) is 54.6 Å². The highest BCUT2D eigenvalue weighted by Gasteiger charge is 2.33. The van der Waals surface area contributed by atoms with Crippen LogP contribution < -0.4 is 5.32 Å². The van der Waals surface area contributed by atoms with Crippen LogP contribution in [-0.4, -0.2) is 24.2 Å². The van der Waals surface area contributed by atoms with Gasteiger partial charge in [0.05, 0.1) is 12.1 Å². The molecule has 0 heterocycles. The molecule has 0 aromatic heterocycles. The van der Waals surface area contributed by atoms with Crippen molar-refractivity contribution in [3.63, 3.8) is 0 Å². The van der Waals surface area contributed by atoms with E-state index in [4.69, 9.17) is 4.74 Å². The summed E-state index contributed by atoms with van der Waals surface area (Å²) in [5.74, 6) is -0.231. The molecular weight excluding hydrogens is 278 g/mol. The predicted octanol–water partition coefficient (Wildman–Crippen LogP) is 2.15. The minimum absolute atomic E-state index is 0.231. The summed E-state index contributed by atoms with van der Waals surface area (Å²) in [5, 5.41) is 13.3. The fraction of sp³-hybridized carbons (Fsp3) is 0.278. The van der Waals surface area contributed by atoms with E-state index in [1.807, 2.05) is 54.6 Å². The summed E-state index contributed by atoms with van der Waals surface area (Å²) >= 11 is 0. The largest absolute Gasteiger partial charge is 0.386 e. The smallest absolute Gasteiger partial charge is 0.254 e. The standard InChI is InChI=1S/C18H19NO3/c1-22-17(12-7-3-2-4-8-12)18(21)19-15-11-13-9-5-6-10-14(13)16(15)20/h2-10,15-17,20H,11H2,1H3,(H,19,21)/t15-,16+,17?/m0/s1. The molecule has 0 saturated carbocycles. The zero-order valence-corrected chi connectivity index (χ0v) is 12.4. The fourth-order valence-corrected chi connectivity index (χ4v) is 2.98. The second-order valence-electron chi connectivity index (χ2n) is 5.49. The van der Waals surface area contributed by atoms with Crippen molar-refractivity contribution >= 4 is 5.91 Å². The molecule has 3 atom stereocenters. The first-order chi connectivity index (χ1) is 10.7. The molecule has 1 unspecified atom stereocenters. The fourth-order valence-electron chi connectivity index (χ4n) is 2.98. The van der Waals surface area contributed by atoms with E-state index in [1.165, 1.54) is 7.11 Å². The number of fused-ring (bicyclic) bond motifs is 1. The second kappa shape index (κ2) is 6.30. The minimum atomic E-state index is -0.673. The van der Waals surface area contributed by atoms with Crippen LogP contribution in [0.5, 0.6) is 0 Å². The number of ether oxygens (including phenoxy) is 1. The molecule has 0 radical (unpaired) electrons. The maximum Gasteiger partial charge on any atom is 0.254 e. The number of hydrogen-bond acceptors (Lipinski definition) is 3. The Morgan fingerprint density at radius 3 is 2.55 bits per heavy atom. The van der Waals surface area contributed by atoms with Gasteiger partial charge in [0.15, 0.2) is 6.10 Å². The summed E-state index contributed by atoms with van der Waals surface area (Å²) in [6, 6.07) is 16.8. The molecule has 0 bridgehead atoms. The number of carbonyl (C=O) groups is 1. The van der Waals surface area contributed by atoms with Crippen LogP contribution in [0.1, 0.15) is 28.9 Å². The Labute approximate surface area is 129 Å². The van der Waals surface area contributed by atoms with Gasteiger partial charge in [-0.3, -0.25) is 4.79 Å². The monoisotopic (exact) mass is 297 g/mol. The maximum atomic E-state index is 12.5. The van der Waals surface area contributed by atoms with Crippen LogP contribution in [0.2, 0.25) is 0 Å². The molecule has 1 aliphatic carbocycles. The van der Waals surface area contributed by atoms with Crippen LogP contribution in [0.25, 0.3) is 0 Å². The summed E-state index contributed by atoms with van der Waals surface area (Å²) in [7, 11) is 1.51. The van der Waals surface area contributed by atoms with E-state index < -0.39 is 12.2 Å². The Balaban J connectivity index is 1.72. The van der Waals surface area contributed by atoms with Crippen molar-refractivity contribution in [1.29, 1.82) is 0 Å². The van der Waals surface area contributed by atoms with E-state index in [9.17, 15) is 9.90 Å². The molecule has 1 amide bonds. The molecule has 0 aliphatic heterocycles. The first kappa shape index (κ1) is 14.8. The van der Waals surface area contributed by atoms with Crippen LogP contribution in [0.3, 0.4) is 0 Å². The molecular formula is C18H19NO3. The molecule has 3 rings (SSSR count). The van der Waals surface area contributed by atoms with Crippen molar-refractivity contribution in [3.8, 4) is 0 Å². The predicted molar refractivity (Wildman–Crippen MR) is 83.2 cm³/mol. The number of benzene rings is 2. The van der Waals surface area contributed by atoms with Gasteiger partial charge in [0.1, 0.15) is 0 Å². The molecule has 0 fully saturated rings. The van der Waals surface area contributed by atoms with Crippen molar-refractivity contribution in [3.05, 3.63) is 71.3 Å². The Bertz CT molecular complexity index is 656. The number of nitrogens with one attached hydrogen (secondary N) is 1. The van der Waals surface area contributed by atoms with Crippen LogP contribution in [-0.2, 0) is 16.0 Å². The summed E-state index contributed by atoms with van der Waals surface area (Å²) < 4.78 is 5.33. The zero-order chi connectivity index (χ0) is 15.5. The normalized spacial score (nSPS) is 21.2. The lowest BCUT2D eigenvalue weighted by atomic mass is 10.1. The van der Waals surface area contributed by atoms with E-state index in [0.717, 1.165) is 16.7 Å². The second-order valence-corrected chi connectivity index (χ2v) is 5.49. The summed E-state index contributed by atoms with van der Waals surface area (Å²) in [5.41, 5.74) is 2.77. The number of aliphatic hydroxyl groups is 1.